The fraction of sp³-hybridized carbons (Fsp3) is 0.211. The lowest BCUT2D eigenvalue weighted by Crippen LogP contribution is -2.20. The Morgan fingerprint density at radius 2 is 1.96 bits per heavy atom. The maximum Gasteiger partial charge on any atom is 0.343 e. The number of ketones is 1. The van der Waals surface area contributed by atoms with Crippen molar-refractivity contribution >= 4 is 23.4 Å². The van der Waals surface area contributed by atoms with Crippen LogP contribution in [0, 0.1) is 5.82 Å². The molecular weight excluding hydrogens is 375 g/mol. The van der Waals surface area contributed by atoms with Crippen LogP contribution in [0.25, 0.3) is 0 Å². The molecule has 1 N–H and O–H groups in total. The first-order valence-corrected chi connectivity index (χ1v) is 8.44. The highest BCUT2D eigenvalue weighted by Gasteiger charge is 2.25. The topological polar surface area (TPSA) is 77.5 Å². The minimum Gasteiger partial charge on any atom is -0.497 e. The quantitative estimate of drug-likeness (QED) is 0.185. The van der Waals surface area contributed by atoms with Crippen molar-refractivity contribution < 1.29 is 23.5 Å². The van der Waals surface area contributed by atoms with Crippen LogP contribution in [0.15, 0.2) is 48.3 Å². The number of esters is 1. The first-order chi connectivity index (χ1) is 13.0. The van der Waals surface area contributed by atoms with Gasteiger partial charge in [0.15, 0.2) is 11.0 Å². The number of hydrogen-bond acceptors (Lipinski definition) is 6. The summed E-state index contributed by atoms with van der Waals surface area (Å²) >= 11 is 5.61. The van der Waals surface area contributed by atoms with Crippen LogP contribution in [0.4, 0.5) is 4.39 Å². The second-order valence-electron chi connectivity index (χ2n) is 5.30. The second kappa shape index (κ2) is 9.68. The first kappa shape index (κ1) is 20.4. The molecule has 0 atom stereocenters. The summed E-state index contributed by atoms with van der Waals surface area (Å²) in [7, 11) is 1.57. The van der Waals surface area contributed by atoms with Crippen molar-refractivity contribution in [3.8, 4) is 5.75 Å². The van der Waals surface area contributed by atoms with Crippen LogP contribution >= 0.6 is 11.6 Å². The van der Waals surface area contributed by atoms with E-state index < -0.39 is 22.7 Å². The van der Waals surface area contributed by atoms with Crippen molar-refractivity contribution in [2.24, 2.45) is 0 Å². The van der Waals surface area contributed by atoms with Crippen LogP contribution in [0.2, 0.25) is 5.15 Å². The summed E-state index contributed by atoms with van der Waals surface area (Å²) in [6, 6.07) is 8.38. The van der Waals surface area contributed by atoms with E-state index in [2.05, 4.69) is 10.3 Å². The summed E-state index contributed by atoms with van der Waals surface area (Å²) in [5.74, 6) is -1.99. The van der Waals surface area contributed by atoms with Gasteiger partial charge in [-0.2, -0.15) is 0 Å². The number of pyridine rings is 1. The second-order valence-corrected chi connectivity index (χ2v) is 5.66. The number of nitrogens with one attached hydrogen (secondary N) is 1. The Hall–Kier alpha value is -2.93. The molecule has 1 aromatic heterocycles. The van der Waals surface area contributed by atoms with Gasteiger partial charge in [-0.25, -0.2) is 14.2 Å². The minimum atomic E-state index is -0.991. The van der Waals surface area contributed by atoms with E-state index in [1.165, 1.54) is 12.4 Å². The highest BCUT2D eigenvalue weighted by atomic mass is 35.5. The van der Waals surface area contributed by atoms with E-state index in [9.17, 15) is 14.0 Å². The molecule has 0 saturated heterocycles. The Kier molecular flexibility index (Phi) is 7.31. The highest BCUT2D eigenvalue weighted by Crippen LogP contribution is 2.19. The summed E-state index contributed by atoms with van der Waals surface area (Å²) in [5.41, 5.74) is 0.188. The molecule has 0 amide bonds. The molecule has 0 saturated carbocycles. The Labute approximate surface area is 161 Å². The zero-order valence-electron chi connectivity index (χ0n) is 14.8. The summed E-state index contributed by atoms with van der Waals surface area (Å²) in [4.78, 5) is 28.3. The van der Waals surface area contributed by atoms with Crippen molar-refractivity contribution in [2.45, 2.75) is 13.5 Å². The van der Waals surface area contributed by atoms with Crippen molar-refractivity contribution in [3.05, 3.63) is 70.4 Å². The number of nitrogens with zero attached hydrogens (tertiary/aromatic N) is 1. The zero-order chi connectivity index (χ0) is 19.8. The molecule has 142 valence electrons. The maximum absolute atomic E-state index is 14.1. The number of aromatic nitrogens is 1. The monoisotopic (exact) mass is 392 g/mol. The SMILES string of the molecule is CCOC(=O)C(=CNCc1ccc(OC)cc1)C(=O)c1ccnc(Cl)c1F. The third-order valence-electron chi connectivity index (χ3n) is 3.54. The number of benzene rings is 1. The highest BCUT2D eigenvalue weighted by molar-refractivity contribution is 6.31. The number of ether oxygens (including phenoxy) is 2. The van der Waals surface area contributed by atoms with Crippen molar-refractivity contribution in [3.63, 3.8) is 0 Å². The lowest BCUT2D eigenvalue weighted by molar-refractivity contribution is -0.138. The van der Waals surface area contributed by atoms with E-state index in [0.717, 1.165) is 11.6 Å². The average molecular weight is 393 g/mol. The lowest BCUT2D eigenvalue weighted by Gasteiger charge is -2.09. The van der Waals surface area contributed by atoms with Gasteiger partial charge in [-0.1, -0.05) is 23.7 Å². The zero-order valence-corrected chi connectivity index (χ0v) is 15.5. The average Bonchev–Trinajstić information content (AvgIpc) is 2.67. The fourth-order valence-corrected chi connectivity index (χ4v) is 2.34. The molecule has 1 aromatic carbocycles. The maximum atomic E-state index is 14.1. The standard InChI is InChI=1S/C19H18ClFN2O4/c1-3-27-19(25)15(17(24)14-8-9-23-18(20)16(14)21)11-22-10-12-4-6-13(26-2)7-5-12/h4-9,11,22H,3,10H2,1-2H3. The molecule has 2 rings (SSSR count). The van der Waals surface area contributed by atoms with Gasteiger partial charge >= 0.3 is 5.97 Å². The normalized spacial score (nSPS) is 11.0. The largest absolute Gasteiger partial charge is 0.497 e. The van der Waals surface area contributed by atoms with Gasteiger partial charge in [0.25, 0.3) is 0 Å². The molecule has 2 aromatic rings. The van der Waals surface area contributed by atoms with E-state index in [4.69, 9.17) is 21.1 Å². The van der Waals surface area contributed by atoms with Crippen molar-refractivity contribution in [1.82, 2.24) is 10.3 Å². The number of carbonyl (C=O) groups is 2. The van der Waals surface area contributed by atoms with Crippen LogP contribution in [0.3, 0.4) is 0 Å². The van der Waals surface area contributed by atoms with Crippen LogP contribution < -0.4 is 10.1 Å². The summed E-state index contributed by atoms with van der Waals surface area (Å²) in [6.45, 7) is 2.01. The molecule has 0 radical (unpaired) electrons. The molecule has 6 nitrogen and oxygen atoms in total. The van der Waals surface area contributed by atoms with E-state index in [-0.39, 0.29) is 17.7 Å². The fourth-order valence-electron chi connectivity index (χ4n) is 2.18. The predicted molar refractivity (Wildman–Crippen MR) is 98.1 cm³/mol. The number of halogens is 2. The van der Waals surface area contributed by atoms with Crippen LogP contribution in [0.1, 0.15) is 22.8 Å². The van der Waals surface area contributed by atoms with Crippen LogP contribution in [0.5, 0.6) is 5.75 Å². The van der Waals surface area contributed by atoms with Gasteiger partial charge in [0, 0.05) is 18.9 Å². The molecule has 1 heterocycles. The van der Waals surface area contributed by atoms with Gasteiger partial charge in [0.1, 0.15) is 11.3 Å². The first-order valence-electron chi connectivity index (χ1n) is 8.06. The number of methoxy groups -OCH3 is 1. The molecule has 0 aliphatic rings. The van der Waals surface area contributed by atoms with E-state index in [1.54, 1.807) is 26.2 Å². The third kappa shape index (κ3) is 5.27. The Balaban J connectivity index is 2.22. The summed E-state index contributed by atoms with van der Waals surface area (Å²) in [6.07, 6.45) is 2.39. The van der Waals surface area contributed by atoms with E-state index >= 15 is 0 Å². The summed E-state index contributed by atoms with van der Waals surface area (Å²) in [5, 5.41) is 2.42. The smallest absolute Gasteiger partial charge is 0.343 e. The predicted octanol–water partition coefficient (Wildman–Crippen LogP) is 3.30. The molecule has 0 unspecified atom stereocenters. The van der Waals surface area contributed by atoms with Gasteiger partial charge in [-0.15, -0.1) is 0 Å². The van der Waals surface area contributed by atoms with Crippen LogP contribution in [-0.2, 0) is 16.1 Å². The number of hydrogen-bond donors (Lipinski definition) is 1. The minimum absolute atomic E-state index is 0.0709. The van der Waals surface area contributed by atoms with E-state index in [0.29, 0.717) is 12.3 Å². The Morgan fingerprint density at radius 3 is 2.59 bits per heavy atom. The third-order valence-corrected chi connectivity index (χ3v) is 3.81. The molecule has 27 heavy (non-hydrogen) atoms. The lowest BCUT2D eigenvalue weighted by atomic mass is 10.0. The van der Waals surface area contributed by atoms with E-state index in [1.807, 2.05) is 12.1 Å². The molecule has 0 aliphatic carbocycles. The van der Waals surface area contributed by atoms with Gasteiger partial charge in [0.2, 0.25) is 5.78 Å². The molecule has 8 heteroatoms. The number of rotatable bonds is 8. The molecule has 0 bridgehead atoms. The van der Waals surface area contributed by atoms with Gasteiger partial charge in [0.05, 0.1) is 19.3 Å². The van der Waals surface area contributed by atoms with Crippen LogP contribution in [-0.4, -0.2) is 30.5 Å². The molecule has 0 spiro atoms. The van der Waals surface area contributed by atoms with Gasteiger partial charge in [-0.3, -0.25) is 4.79 Å². The van der Waals surface area contributed by atoms with Crippen molar-refractivity contribution in [2.75, 3.05) is 13.7 Å². The number of Topliss-reactive ketones (excluding diaryl/α,β-unsaturated/α-hetero) is 1. The molecule has 0 fully saturated rings. The van der Waals surface area contributed by atoms with Crippen molar-refractivity contribution in [1.29, 1.82) is 0 Å². The van der Waals surface area contributed by atoms with Gasteiger partial charge in [-0.05, 0) is 30.7 Å². The molecular formula is C19H18ClFN2O4. The summed E-state index contributed by atoms with van der Waals surface area (Å²) < 4.78 is 24.1. The Bertz CT molecular complexity index is 853. The number of carbonyl (C=O) groups excluding carboxylic acids is 2. The Morgan fingerprint density at radius 1 is 1.26 bits per heavy atom. The molecule has 0 aliphatic heterocycles. The van der Waals surface area contributed by atoms with Gasteiger partial charge < -0.3 is 14.8 Å².